The van der Waals surface area contributed by atoms with E-state index in [9.17, 15) is 10.0 Å². The van der Waals surface area contributed by atoms with Gasteiger partial charge in [0.15, 0.2) is 0 Å². The second-order valence-corrected chi connectivity index (χ2v) is 3.33. The van der Waals surface area contributed by atoms with Gasteiger partial charge in [0, 0.05) is 5.92 Å². The minimum absolute atomic E-state index is 0.0498. The van der Waals surface area contributed by atoms with Crippen molar-refractivity contribution in [3.8, 4) is 0 Å². The molecule has 0 aromatic rings. The van der Waals surface area contributed by atoms with E-state index in [1.807, 2.05) is 6.92 Å². The third-order valence-corrected chi connectivity index (χ3v) is 2.74. The first-order valence-corrected chi connectivity index (χ1v) is 3.97. The number of hydrogen-bond donors (Lipinski definition) is 2. The van der Waals surface area contributed by atoms with Crippen molar-refractivity contribution in [1.82, 2.24) is 10.4 Å². The number of hydroxylamine groups is 2. The quantitative estimate of drug-likeness (QED) is 0.468. The third-order valence-electron chi connectivity index (χ3n) is 2.74. The predicted molar refractivity (Wildman–Crippen MR) is 38.0 cm³/mol. The maximum atomic E-state index is 11.2. The van der Waals surface area contributed by atoms with Gasteiger partial charge in [0.25, 0.3) is 5.91 Å². The number of carbonyl (C=O) groups is 1. The molecule has 2 heterocycles. The van der Waals surface area contributed by atoms with Gasteiger partial charge in [0.05, 0.1) is 12.1 Å². The van der Waals surface area contributed by atoms with Crippen LogP contribution in [0.25, 0.3) is 0 Å². The molecule has 0 aromatic heterocycles. The fourth-order valence-corrected chi connectivity index (χ4v) is 2.02. The lowest BCUT2D eigenvalue weighted by Gasteiger charge is -2.25. The van der Waals surface area contributed by atoms with Gasteiger partial charge in [0.2, 0.25) is 0 Å². The van der Waals surface area contributed by atoms with E-state index in [-0.39, 0.29) is 23.9 Å². The summed E-state index contributed by atoms with van der Waals surface area (Å²) in [7, 11) is 0. The Morgan fingerprint density at radius 3 is 3.00 bits per heavy atom. The van der Waals surface area contributed by atoms with Gasteiger partial charge in [-0.25, -0.2) is 5.06 Å². The molecule has 0 spiro atoms. The lowest BCUT2D eigenvalue weighted by atomic mass is 9.93. The number of nitrogens with zero attached hydrogens (tertiary/aromatic N) is 1. The van der Waals surface area contributed by atoms with E-state index in [0.29, 0.717) is 0 Å². The van der Waals surface area contributed by atoms with Crippen LogP contribution in [0.1, 0.15) is 13.3 Å². The zero-order valence-corrected chi connectivity index (χ0v) is 6.45. The molecule has 4 heteroatoms. The molecule has 3 atom stereocenters. The van der Waals surface area contributed by atoms with E-state index >= 15 is 0 Å². The lowest BCUT2D eigenvalue weighted by molar-refractivity contribution is -0.165. The minimum Gasteiger partial charge on any atom is -0.305 e. The number of piperidine rings is 1. The fraction of sp³-hybridized carbons (Fsp3) is 0.857. The van der Waals surface area contributed by atoms with Crippen LogP contribution < -0.4 is 5.32 Å². The summed E-state index contributed by atoms with van der Waals surface area (Å²) in [4.78, 5) is 11.2. The summed E-state index contributed by atoms with van der Waals surface area (Å²) in [6, 6.07) is -0.0903. The van der Waals surface area contributed by atoms with Gasteiger partial charge in [0.1, 0.15) is 0 Å². The highest BCUT2D eigenvalue weighted by Gasteiger charge is 2.47. The number of rotatable bonds is 0. The first-order valence-electron chi connectivity index (χ1n) is 3.97. The van der Waals surface area contributed by atoms with Crippen molar-refractivity contribution in [1.29, 1.82) is 0 Å². The highest BCUT2D eigenvalue weighted by molar-refractivity contribution is 5.84. The number of amides is 1. The Morgan fingerprint density at radius 2 is 2.45 bits per heavy atom. The van der Waals surface area contributed by atoms with Crippen molar-refractivity contribution < 1.29 is 10.0 Å². The third kappa shape index (κ3) is 0.795. The molecule has 0 aromatic carbocycles. The molecule has 11 heavy (non-hydrogen) atoms. The molecule has 2 N–H and O–H groups in total. The largest absolute Gasteiger partial charge is 0.305 e. The van der Waals surface area contributed by atoms with E-state index in [0.717, 1.165) is 18.0 Å². The lowest BCUT2D eigenvalue weighted by Crippen LogP contribution is -2.43. The highest BCUT2D eigenvalue weighted by Crippen LogP contribution is 2.29. The van der Waals surface area contributed by atoms with Gasteiger partial charge in [-0.05, 0) is 13.0 Å². The van der Waals surface area contributed by atoms with E-state index in [1.54, 1.807) is 0 Å². The van der Waals surface area contributed by atoms with Crippen molar-refractivity contribution in [3.63, 3.8) is 0 Å². The van der Waals surface area contributed by atoms with Gasteiger partial charge in [-0.1, -0.05) is 6.92 Å². The van der Waals surface area contributed by atoms with Gasteiger partial charge in [-0.3, -0.25) is 10.0 Å². The van der Waals surface area contributed by atoms with Crippen LogP contribution in [-0.2, 0) is 4.79 Å². The molecule has 2 aliphatic rings. The first kappa shape index (κ1) is 7.06. The van der Waals surface area contributed by atoms with E-state index < -0.39 is 0 Å². The average Bonchev–Trinajstić information content (AvgIpc) is 2.19. The molecule has 2 unspecified atom stereocenters. The minimum atomic E-state index is -0.167. The Morgan fingerprint density at radius 1 is 1.73 bits per heavy atom. The van der Waals surface area contributed by atoms with Crippen molar-refractivity contribution >= 4 is 5.91 Å². The smallest absolute Gasteiger partial charge is 0.263 e. The second kappa shape index (κ2) is 2.19. The molecule has 2 saturated heterocycles. The summed E-state index contributed by atoms with van der Waals surface area (Å²) < 4.78 is 0. The Hall–Kier alpha value is -0.610. The van der Waals surface area contributed by atoms with Crippen molar-refractivity contribution in [2.75, 3.05) is 6.54 Å². The monoisotopic (exact) mass is 156 g/mol. The van der Waals surface area contributed by atoms with Crippen molar-refractivity contribution in [3.05, 3.63) is 0 Å². The van der Waals surface area contributed by atoms with Crippen LogP contribution in [-0.4, -0.2) is 34.8 Å². The second-order valence-electron chi connectivity index (χ2n) is 3.33. The molecular weight excluding hydrogens is 144 g/mol. The highest BCUT2D eigenvalue weighted by atomic mass is 16.5. The maximum Gasteiger partial charge on any atom is 0.263 e. The average molecular weight is 156 g/mol. The molecule has 2 aliphatic heterocycles. The molecule has 1 amide bonds. The van der Waals surface area contributed by atoms with Crippen LogP contribution in [0.15, 0.2) is 0 Å². The zero-order chi connectivity index (χ0) is 8.01. The molecule has 2 fully saturated rings. The Kier molecular flexibility index (Phi) is 1.40. The normalized spacial score (nSPS) is 43.3. The molecule has 2 rings (SSSR count). The number of nitrogens with one attached hydrogen (secondary N) is 1. The van der Waals surface area contributed by atoms with Crippen LogP contribution in [0.2, 0.25) is 0 Å². The number of hydrogen-bond acceptors (Lipinski definition) is 3. The number of carbonyl (C=O) groups excluding carboxylic acids is 1. The molecule has 0 radical (unpaired) electrons. The van der Waals surface area contributed by atoms with Crippen LogP contribution in [0.5, 0.6) is 0 Å². The van der Waals surface area contributed by atoms with Crippen LogP contribution in [0.4, 0.5) is 0 Å². The molecular formula is C7H12N2O2. The van der Waals surface area contributed by atoms with Crippen molar-refractivity contribution in [2.45, 2.75) is 25.4 Å². The molecule has 4 nitrogen and oxygen atoms in total. The fourth-order valence-electron chi connectivity index (χ4n) is 2.02. The van der Waals surface area contributed by atoms with Gasteiger partial charge >= 0.3 is 0 Å². The van der Waals surface area contributed by atoms with Crippen molar-refractivity contribution in [2.24, 2.45) is 5.92 Å². The summed E-state index contributed by atoms with van der Waals surface area (Å²) in [5.74, 6) is 0.0845. The molecule has 0 saturated carbocycles. The van der Waals surface area contributed by atoms with E-state index in [1.165, 1.54) is 0 Å². The van der Waals surface area contributed by atoms with Crippen LogP contribution in [0.3, 0.4) is 0 Å². The molecule has 0 aliphatic carbocycles. The first-order chi connectivity index (χ1) is 5.22. The summed E-state index contributed by atoms with van der Waals surface area (Å²) >= 11 is 0. The topological polar surface area (TPSA) is 52.6 Å². The Labute approximate surface area is 65.1 Å². The predicted octanol–water partition coefficient (Wildman–Crippen LogP) is -0.416. The molecule has 2 bridgehead atoms. The van der Waals surface area contributed by atoms with Crippen LogP contribution in [0, 0.1) is 5.92 Å². The van der Waals surface area contributed by atoms with E-state index in [2.05, 4.69) is 5.32 Å². The van der Waals surface area contributed by atoms with Crippen LogP contribution >= 0.6 is 0 Å². The summed E-state index contributed by atoms with van der Waals surface area (Å²) in [6.07, 6.45) is 0.861. The molecule has 62 valence electrons. The van der Waals surface area contributed by atoms with Gasteiger partial charge < -0.3 is 5.32 Å². The summed E-state index contributed by atoms with van der Waals surface area (Å²) in [5, 5.41) is 13.3. The van der Waals surface area contributed by atoms with Gasteiger partial charge in [-0.15, -0.1) is 0 Å². The Balaban J connectivity index is 2.28. The maximum absolute atomic E-state index is 11.2. The van der Waals surface area contributed by atoms with Gasteiger partial charge in [-0.2, -0.15) is 0 Å². The SMILES string of the molecule is C[C@H]1C2NCCC1N(O)C2=O. The van der Waals surface area contributed by atoms with E-state index in [4.69, 9.17) is 0 Å². The zero-order valence-electron chi connectivity index (χ0n) is 6.45. The summed E-state index contributed by atoms with van der Waals surface area (Å²) in [5.41, 5.74) is 0. The number of fused-ring (bicyclic) bond motifs is 2. The Bertz CT molecular complexity index is 195. The standard InChI is InChI=1S/C7H12N2O2/c1-4-5-2-3-8-6(4)7(10)9(5)11/h4-6,8,11H,2-3H2,1H3/t4-,5?,6?/m1/s1. The summed E-state index contributed by atoms with van der Waals surface area (Å²) in [6.45, 7) is 2.83.